The van der Waals surface area contributed by atoms with E-state index in [9.17, 15) is 19.8 Å². The zero-order valence-electron chi connectivity index (χ0n) is 19.1. The quantitative estimate of drug-likeness (QED) is 0.303. The maximum absolute atomic E-state index is 12.5. The third kappa shape index (κ3) is 5.53. The fraction of sp³-hybridized carbons (Fsp3) is 0.538. The lowest BCUT2D eigenvalue weighted by molar-refractivity contribution is -0.114. The molecule has 0 saturated heterocycles. The van der Waals surface area contributed by atoms with Crippen molar-refractivity contribution in [1.29, 1.82) is 0 Å². The second-order valence-corrected chi connectivity index (χ2v) is 8.84. The molecule has 2 N–H and O–H groups in total. The summed E-state index contributed by atoms with van der Waals surface area (Å²) in [6.07, 6.45) is 14.8. The van der Waals surface area contributed by atoms with Gasteiger partial charge in [-0.25, -0.2) is 4.79 Å². The van der Waals surface area contributed by atoms with Crippen LogP contribution in [0.25, 0.3) is 5.57 Å². The van der Waals surface area contributed by atoms with Crippen LogP contribution in [0.15, 0.2) is 30.0 Å². The molecular weight excluding hydrogens is 408 g/mol. The summed E-state index contributed by atoms with van der Waals surface area (Å²) in [6, 6.07) is 3.05. The standard InChI is InChI=1S/C26H34O6/c1-3-4-5-6-7-8-9-10-11-12-13-31-18-14-19-20-16-21(27)23(29)17-26(20,2)32-25(30)24(19)22(28)15-18/h14-17,28-29H,3-13H2,1-2H3. The highest BCUT2D eigenvalue weighted by Crippen LogP contribution is 2.45. The lowest BCUT2D eigenvalue weighted by Gasteiger charge is -2.36. The number of benzene rings is 1. The molecule has 1 heterocycles. The third-order valence-corrected chi connectivity index (χ3v) is 6.13. The lowest BCUT2D eigenvalue weighted by Crippen LogP contribution is -2.39. The van der Waals surface area contributed by atoms with Gasteiger partial charge in [0.25, 0.3) is 0 Å². The molecule has 6 nitrogen and oxygen atoms in total. The van der Waals surface area contributed by atoms with Crippen molar-refractivity contribution in [3.05, 3.63) is 41.2 Å². The van der Waals surface area contributed by atoms with Crippen molar-refractivity contribution in [1.82, 2.24) is 0 Å². The molecule has 174 valence electrons. The van der Waals surface area contributed by atoms with Gasteiger partial charge in [0.1, 0.15) is 17.1 Å². The molecule has 6 heteroatoms. The number of hydrogen-bond donors (Lipinski definition) is 2. The number of carbonyl (C=O) groups excluding carboxylic acids is 2. The third-order valence-electron chi connectivity index (χ3n) is 6.13. The Labute approximate surface area is 189 Å². The van der Waals surface area contributed by atoms with Gasteiger partial charge in [0.05, 0.1) is 6.61 Å². The van der Waals surface area contributed by atoms with E-state index >= 15 is 0 Å². The molecule has 0 saturated carbocycles. The average Bonchev–Trinajstić information content (AvgIpc) is 2.73. The van der Waals surface area contributed by atoms with Crippen LogP contribution in [0.4, 0.5) is 0 Å². The molecule has 0 radical (unpaired) electrons. The highest BCUT2D eigenvalue weighted by Gasteiger charge is 2.44. The molecular formula is C26H34O6. The van der Waals surface area contributed by atoms with Crippen molar-refractivity contribution in [2.24, 2.45) is 0 Å². The fourth-order valence-corrected chi connectivity index (χ4v) is 4.32. The Kier molecular flexibility index (Phi) is 7.99. The predicted molar refractivity (Wildman–Crippen MR) is 123 cm³/mol. The number of ether oxygens (including phenoxy) is 2. The number of esters is 1. The van der Waals surface area contributed by atoms with Gasteiger partial charge in [0, 0.05) is 23.3 Å². The van der Waals surface area contributed by atoms with Gasteiger partial charge in [0.15, 0.2) is 11.4 Å². The molecule has 0 spiro atoms. The van der Waals surface area contributed by atoms with Gasteiger partial charge in [-0.15, -0.1) is 0 Å². The van der Waals surface area contributed by atoms with Crippen molar-refractivity contribution in [3.63, 3.8) is 0 Å². The number of rotatable bonds is 12. The molecule has 1 atom stereocenters. The van der Waals surface area contributed by atoms with E-state index in [2.05, 4.69) is 6.92 Å². The van der Waals surface area contributed by atoms with Crippen LogP contribution in [-0.4, -0.2) is 34.2 Å². The minimum atomic E-state index is -1.27. The monoisotopic (exact) mass is 442 g/mol. The van der Waals surface area contributed by atoms with E-state index < -0.39 is 23.1 Å². The number of ketones is 1. The first-order chi connectivity index (χ1) is 15.4. The van der Waals surface area contributed by atoms with Crippen LogP contribution < -0.4 is 4.74 Å². The van der Waals surface area contributed by atoms with Crippen LogP contribution in [0.2, 0.25) is 0 Å². The Morgan fingerprint density at radius 3 is 2.22 bits per heavy atom. The summed E-state index contributed by atoms with van der Waals surface area (Å²) in [6.45, 7) is 4.33. The SMILES string of the molecule is CCCCCCCCCCCCOc1cc(O)c2c(c1)C1=CC(=O)C(O)=CC1(C)OC2=O. The Hall–Kier alpha value is -2.76. The first-order valence-corrected chi connectivity index (χ1v) is 11.8. The Balaban J connectivity index is 1.54. The van der Waals surface area contributed by atoms with E-state index in [1.54, 1.807) is 13.0 Å². The molecule has 3 rings (SSSR count). The summed E-state index contributed by atoms with van der Waals surface area (Å²) in [5.41, 5.74) is -0.472. The van der Waals surface area contributed by atoms with Gasteiger partial charge in [-0.1, -0.05) is 64.7 Å². The van der Waals surface area contributed by atoms with Gasteiger partial charge in [-0.05, 0) is 25.5 Å². The van der Waals surface area contributed by atoms with E-state index in [0.29, 0.717) is 23.5 Å². The smallest absolute Gasteiger partial charge is 0.343 e. The maximum atomic E-state index is 12.5. The van der Waals surface area contributed by atoms with Crippen molar-refractivity contribution < 1.29 is 29.3 Å². The number of allylic oxidation sites excluding steroid dienone is 1. The number of unbranched alkanes of at least 4 members (excludes halogenated alkanes) is 9. The molecule has 32 heavy (non-hydrogen) atoms. The van der Waals surface area contributed by atoms with Crippen LogP contribution in [-0.2, 0) is 9.53 Å². The number of hydrogen-bond acceptors (Lipinski definition) is 6. The van der Waals surface area contributed by atoms with E-state index in [1.165, 1.54) is 69.6 Å². The zero-order valence-corrected chi connectivity index (χ0v) is 19.1. The minimum absolute atomic E-state index is 0.00241. The largest absolute Gasteiger partial charge is 0.507 e. The first-order valence-electron chi connectivity index (χ1n) is 11.8. The molecule has 1 aromatic rings. The molecule has 0 aromatic heterocycles. The second-order valence-electron chi connectivity index (χ2n) is 8.84. The number of aliphatic hydroxyl groups is 1. The average molecular weight is 443 g/mol. The Morgan fingerprint density at radius 1 is 0.938 bits per heavy atom. The van der Waals surface area contributed by atoms with E-state index in [1.807, 2.05) is 0 Å². The molecule has 0 amide bonds. The lowest BCUT2D eigenvalue weighted by atomic mass is 9.80. The van der Waals surface area contributed by atoms with Crippen LogP contribution in [0.1, 0.15) is 94.0 Å². The van der Waals surface area contributed by atoms with Crippen molar-refractivity contribution in [3.8, 4) is 11.5 Å². The normalized spacial score (nSPS) is 19.6. The second kappa shape index (κ2) is 10.7. The van der Waals surface area contributed by atoms with Gasteiger partial charge in [-0.3, -0.25) is 4.79 Å². The molecule has 1 aromatic carbocycles. The summed E-state index contributed by atoms with van der Waals surface area (Å²) in [7, 11) is 0. The number of fused-ring (bicyclic) bond motifs is 3. The summed E-state index contributed by atoms with van der Waals surface area (Å²) >= 11 is 0. The van der Waals surface area contributed by atoms with Gasteiger partial charge in [0.2, 0.25) is 5.78 Å². The molecule has 1 unspecified atom stereocenters. The molecule has 0 fully saturated rings. The molecule has 1 aliphatic carbocycles. The Bertz CT molecular complexity index is 913. The van der Waals surface area contributed by atoms with Gasteiger partial charge >= 0.3 is 5.97 Å². The number of phenols is 1. The van der Waals surface area contributed by atoms with Crippen LogP contribution in [0, 0.1) is 0 Å². The maximum Gasteiger partial charge on any atom is 0.343 e. The van der Waals surface area contributed by atoms with Crippen molar-refractivity contribution >= 4 is 17.3 Å². The topological polar surface area (TPSA) is 93.1 Å². The van der Waals surface area contributed by atoms with Crippen LogP contribution >= 0.6 is 0 Å². The highest BCUT2D eigenvalue weighted by atomic mass is 16.6. The van der Waals surface area contributed by atoms with Crippen molar-refractivity contribution in [2.45, 2.75) is 83.7 Å². The minimum Gasteiger partial charge on any atom is -0.507 e. The van der Waals surface area contributed by atoms with Crippen LogP contribution in [0.3, 0.4) is 0 Å². The predicted octanol–water partition coefficient (Wildman–Crippen LogP) is 6.03. The van der Waals surface area contributed by atoms with Crippen molar-refractivity contribution in [2.75, 3.05) is 6.61 Å². The molecule has 0 bridgehead atoms. The summed E-state index contributed by atoms with van der Waals surface area (Å²) in [5.74, 6) is -1.57. The zero-order chi connectivity index (χ0) is 23.1. The summed E-state index contributed by atoms with van der Waals surface area (Å²) in [5, 5.41) is 20.2. The van der Waals surface area contributed by atoms with Crippen LogP contribution in [0.5, 0.6) is 11.5 Å². The Morgan fingerprint density at radius 2 is 1.56 bits per heavy atom. The number of aliphatic hydroxyl groups excluding tert-OH is 1. The summed E-state index contributed by atoms with van der Waals surface area (Å²) < 4.78 is 11.3. The number of carbonyl (C=O) groups is 2. The molecule has 1 aliphatic heterocycles. The molecule has 2 aliphatic rings. The fourth-order valence-electron chi connectivity index (χ4n) is 4.32. The number of phenolic OH excluding ortho intramolecular Hbond substituents is 1. The summed E-state index contributed by atoms with van der Waals surface area (Å²) in [4.78, 5) is 24.5. The first kappa shape index (κ1) is 23.9. The van der Waals surface area contributed by atoms with E-state index in [4.69, 9.17) is 9.47 Å². The van der Waals surface area contributed by atoms with E-state index in [0.717, 1.165) is 12.8 Å². The highest BCUT2D eigenvalue weighted by molar-refractivity contribution is 6.14. The van der Waals surface area contributed by atoms with Gasteiger partial charge in [-0.2, -0.15) is 0 Å². The number of aromatic hydroxyl groups is 1. The van der Waals surface area contributed by atoms with E-state index in [-0.39, 0.29) is 11.3 Å². The van der Waals surface area contributed by atoms with Gasteiger partial charge < -0.3 is 19.7 Å².